The van der Waals surface area contributed by atoms with Gasteiger partial charge in [0.2, 0.25) is 5.91 Å². The average molecular weight is 539 g/mol. The van der Waals surface area contributed by atoms with Crippen LogP contribution in [0.2, 0.25) is 0 Å². The summed E-state index contributed by atoms with van der Waals surface area (Å²) in [4.78, 5) is 34.1. The molecule has 0 radical (unpaired) electrons. The number of alkyl halides is 3. The number of para-hydroxylation sites is 1. The lowest BCUT2D eigenvalue weighted by molar-refractivity contribution is -0.274. The molecule has 3 aromatic carbocycles. The maximum absolute atomic E-state index is 13.6. The fourth-order valence-corrected chi connectivity index (χ4v) is 5.04. The van der Waals surface area contributed by atoms with Crippen LogP contribution in [0.15, 0.2) is 76.7 Å². The summed E-state index contributed by atoms with van der Waals surface area (Å²) in [7, 11) is 0. The van der Waals surface area contributed by atoms with Crippen molar-refractivity contribution in [3.8, 4) is 11.4 Å². The molecular weight excluding hydrogens is 517 g/mol. The van der Waals surface area contributed by atoms with E-state index in [4.69, 9.17) is 4.98 Å². The molecule has 194 valence electrons. The van der Waals surface area contributed by atoms with Crippen LogP contribution in [0, 0.1) is 13.8 Å². The Morgan fingerprint density at radius 1 is 1.05 bits per heavy atom. The maximum atomic E-state index is 13.6. The van der Waals surface area contributed by atoms with E-state index >= 15 is 0 Å². The highest BCUT2D eigenvalue weighted by atomic mass is 32.2. The molecule has 0 saturated heterocycles. The molecule has 0 spiro atoms. The second-order valence-corrected chi connectivity index (χ2v) is 9.63. The lowest BCUT2D eigenvalue weighted by Crippen LogP contribution is -2.23. The molecule has 0 unspecified atom stereocenters. The van der Waals surface area contributed by atoms with Crippen molar-refractivity contribution in [3.63, 3.8) is 0 Å². The number of anilines is 1. The second-order valence-electron chi connectivity index (χ2n) is 8.68. The van der Waals surface area contributed by atoms with Gasteiger partial charge < -0.3 is 15.0 Å². The SMILES string of the molecule is Cc1cc(C)cc(NC(=O)CSc2nc3c([nH]c4ccccc43)c(=O)n2-c2ccc(OC(F)(F)F)cc2)c1. The lowest BCUT2D eigenvalue weighted by atomic mass is 10.1. The standard InChI is InChI=1S/C27H21F3N4O3S/c1-15-11-16(2)13-17(12-15)31-22(35)14-38-26-33-23-20-5-3-4-6-21(20)32-24(23)25(36)34(26)18-7-9-19(10-8-18)37-27(28,29)30/h3-13,32H,14H2,1-2H3,(H,31,35). The highest BCUT2D eigenvalue weighted by Gasteiger charge is 2.31. The summed E-state index contributed by atoms with van der Waals surface area (Å²) in [5, 5.41) is 3.81. The summed E-state index contributed by atoms with van der Waals surface area (Å²) in [6.07, 6.45) is -4.84. The topological polar surface area (TPSA) is 89.0 Å². The number of aromatic amines is 1. The van der Waals surface area contributed by atoms with E-state index in [9.17, 15) is 22.8 Å². The molecule has 0 aliphatic rings. The predicted octanol–water partition coefficient (Wildman–Crippen LogP) is 6.11. The molecule has 0 fully saturated rings. The van der Waals surface area contributed by atoms with E-state index in [1.807, 2.05) is 56.3 Å². The highest BCUT2D eigenvalue weighted by molar-refractivity contribution is 7.99. The van der Waals surface area contributed by atoms with E-state index in [0.29, 0.717) is 16.7 Å². The summed E-state index contributed by atoms with van der Waals surface area (Å²) in [6.45, 7) is 3.86. The zero-order chi connectivity index (χ0) is 27.0. The monoisotopic (exact) mass is 538 g/mol. The van der Waals surface area contributed by atoms with Gasteiger partial charge >= 0.3 is 6.36 Å². The first-order chi connectivity index (χ1) is 18.1. The first-order valence-electron chi connectivity index (χ1n) is 11.5. The molecule has 5 rings (SSSR count). The summed E-state index contributed by atoms with van der Waals surface area (Å²) in [6, 6.07) is 17.9. The number of hydrogen-bond acceptors (Lipinski definition) is 5. The molecule has 2 N–H and O–H groups in total. The van der Waals surface area contributed by atoms with E-state index in [1.165, 1.54) is 16.7 Å². The molecule has 0 saturated carbocycles. The number of benzene rings is 3. The van der Waals surface area contributed by atoms with Crippen LogP contribution in [0.4, 0.5) is 18.9 Å². The zero-order valence-corrected chi connectivity index (χ0v) is 21.0. The largest absolute Gasteiger partial charge is 0.573 e. The smallest absolute Gasteiger partial charge is 0.406 e. The average Bonchev–Trinajstić information content (AvgIpc) is 3.21. The summed E-state index contributed by atoms with van der Waals surface area (Å²) in [5.41, 5.74) is 3.88. The first kappa shape index (κ1) is 25.4. The number of thioether (sulfide) groups is 1. The van der Waals surface area contributed by atoms with Crippen molar-refractivity contribution in [2.45, 2.75) is 25.4 Å². The first-order valence-corrected chi connectivity index (χ1v) is 12.5. The summed E-state index contributed by atoms with van der Waals surface area (Å²) in [5.74, 6) is -0.771. The lowest BCUT2D eigenvalue weighted by Gasteiger charge is -2.14. The Bertz CT molecular complexity index is 1710. The molecule has 7 nitrogen and oxygen atoms in total. The van der Waals surface area contributed by atoms with Gasteiger partial charge in [-0.05, 0) is 67.4 Å². The van der Waals surface area contributed by atoms with Gasteiger partial charge in [-0.2, -0.15) is 0 Å². The molecule has 2 aromatic heterocycles. The van der Waals surface area contributed by atoms with Gasteiger partial charge in [0.1, 0.15) is 16.8 Å². The van der Waals surface area contributed by atoms with Crippen LogP contribution < -0.4 is 15.6 Å². The van der Waals surface area contributed by atoms with Gasteiger partial charge in [-0.25, -0.2) is 4.98 Å². The molecule has 38 heavy (non-hydrogen) atoms. The Labute approximate surface area is 218 Å². The van der Waals surface area contributed by atoms with Gasteiger partial charge in [-0.1, -0.05) is 36.0 Å². The van der Waals surface area contributed by atoms with Crippen LogP contribution in [-0.4, -0.2) is 32.6 Å². The Balaban J connectivity index is 1.53. The molecule has 0 aliphatic carbocycles. The van der Waals surface area contributed by atoms with Gasteiger partial charge in [0.05, 0.1) is 11.4 Å². The van der Waals surface area contributed by atoms with Crippen LogP contribution in [0.25, 0.3) is 27.6 Å². The Kier molecular flexibility index (Phi) is 6.62. The Hall–Kier alpha value is -4.25. The van der Waals surface area contributed by atoms with Crippen LogP contribution in [0.5, 0.6) is 5.75 Å². The summed E-state index contributed by atoms with van der Waals surface area (Å²) >= 11 is 1.05. The Morgan fingerprint density at radius 3 is 2.42 bits per heavy atom. The second kappa shape index (κ2) is 9.90. The van der Waals surface area contributed by atoms with Crippen molar-refractivity contribution in [1.82, 2.24) is 14.5 Å². The summed E-state index contributed by atoms with van der Waals surface area (Å²) < 4.78 is 43.1. The van der Waals surface area contributed by atoms with E-state index in [-0.39, 0.29) is 28.0 Å². The van der Waals surface area contributed by atoms with Crippen molar-refractivity contribution >= 4 is 45.3 Å². The minimum Gasteiger partial charge on any atom is -0.406 e. The maximum Gasteiger partial charge on any atom is 0.573 e. The van der Waals surface area contributed by atoms with Crippen LogP contribution in [-0.2, 0) is 4.79 Å². The number of hydrogen-bond donors (Lipinski definition) is 2. The van der Waals surface area contributed by atoms with Gasteiger partial charge in [-0.15, -0.1) is 13.2 Å². The van der Waals surface area contributed by atoms with Gasteiger partial charge in [0.25, 0.3) is 5.56 Å². The predicted molar refractivity (Wildman–Crippen MR) is 141 cm³/mol. The van der Waals surface area contributed by atoms with Crippen LogP contribution >= 0.6 is 11.8 Å². The number of aryl methyl sites for hydroxylation is 2. The minimum atomic E-state index is -4.84. The van der Waals surface area contributed by atoms with Crippen molar-refractivity contribution < 1.29 is 22.7 Å². The van der Waals surface area contributed by atoms with E-state index in [2.05, 4.69) is 15.0 Å². The van der Waals surface area contributed by atoms with Crippen LogP contribution in [0.1, 0.15) is 11.1 Å². The van der Waals surface area contributed by atoms with Gasteiger partial charge in [-0.3, -0.25) is 14.2 Å². The number of aromatic nitrogens is 3. The van der Waals surface area contributed by atoms with Crippen molar-refractivity contribution in [2.24, 2.45) is 0 Å². The van der Waals surface area contributed by atoms with E-state index in [0.717, 1.165) is 40.4 Å². The minimum absolute atomic E-state index is 0.0530. The number of nitrogens with one attached hydrogen (secondary N) is 2. The molecule has 0 atom stereocenters. The molecule has 5 aromatic rings. The normalized spacial score (nSPS) is 11.7. The molecule has 1 amide bonds. The number of carbonyl (C=O) groups is 1. The number of H-pyrrole nitrogens is 1. The van der Waals surface area contributed by atoms with E-state index < -0.39 is 17.7 Å². The fraction of sp³-hybridized carbons (Fsp3) is 0.148. The number of nitrogens with zero attached hydrogens (tertiary/aromatic N) is 2. The third-order valence-corrected chi connectivity index (χ3v) is 6.60. The third-order valence-electron chi connectivity index (χ3n) is 5.66. The Morgan fingerprint density at radius 2 is 1.74 bits per heavy atom. The molecule has 2 heterocycles. The fourth-order valence-electron chi connectivity index (χ4n) is 4.24. The number of ether oxygens (including phenoxy) is 1. The molecule has 0 aliphatic heterocycles. The van der Waals surface area contributed by atoms with Crippen molar-refractivity contribution in [2.75, 3.05) is 11.1 Å². The van der Waals surface area contributed by atoms with Crippen molar-refractivity contribution in [1.29, 1.82) is 0 Å². The molecular formula is C27H21F3N4O3S. The van der Waals surface area contributed by atoms with Gasteiger partial charge in [0, 0.05) is 16.6 Å². The van der Waals surface area contributed by atoms with Crippen LogP contribution in [0.3, 0.4) is 0 Å². The zero-order valence-electron chi connectivity index (χ0n) is 20.2. The number of halogens is 3. The quantitative estimate of drug-likeness (QED) is 0.201. The molecule has 11 heteroatoms. The molecule has 0 bridgehead atoms. The van der Waals surface area contributed by atoms with E-state index in [1.54, 1.807) is 0 Å². The highest BCUT2D eigenvalue weighted by Crippen LogP contribution is 2.28. The number of rotatable bonds is 6. The van der Waals surface area contributed by atoms with Crippen molar-refractivity contribution in [3.05, 3.63) is 88.2 Å². The number of amides is 1. The van der Waals surface area contributed by atoms with Gasteiger partial charge in [0.15, 0.2) is 5.16 Å². The third kappa shape index (κ3) is 5.37. The number of fused-ring (bicyclic) bond motifs is 3. The number of carbonyl (C=O) groups excluding carboxylic acids is 1.